The lowest BCUT2D eigenvalue weighted by atomic mass is 10.3. The van der Waals surface area contributed by atoms with Gasteiger partial charge in [-0.1, -0.05) is 12.1 Å². The van der Waals surface area contributed by atoms with Gasteiger partial charge in [-0.25, -0.2) is 9.56 Å². The van der Waals surface area contributed by atoms with Gasteiger partial charge in [0.15, 0.2) is 0 Å². The molecule has 4 aliphatic rings. The molecule has 3 saturated heterocycles. The zero-order valence-corrected chi connectivity index (χ0v) is 8.98. The van der Waals surface area contributed by atoms with Crippen LogP contribution in [0.1, 0.15) is 0 Å². The second-order valence-corrected chi connectivity index (χ2v) is 9.55. The number of hydrogen-bond donors (Lipinski definition) is 1. The van der Waals surface area contributed by atoms with Crippen LogP contribution < -0.4 is 0 Å². The number of para-hydroxylation sites is 1. The maximum absolute atomic E-state index is 11.2. The highest BCUT2D eigenvalue weighted by Crippen LogP contribution is 3.22. The van der Waals surface area contributed by atoms with Crippen LogP contribution in [0.3, 0.4) is 0 Å². The molecule has 0 radical (unpaired) electrons. The number of aliphatic imine (C=N–C) groups is 1. The minimum atomic E-state index is -4.70. The molecule has 0 atom stereocenters. The molecule has 6 nitrogen and oxygen atoms in total. The predicted octanol–water partition coefficient (Wildman–Crippen LogP) is 3.00. The normalized spacial score (nSPS) is 43.8. The van der Waals surface area contributed by atoms with Gasteiger partial charge in [-0.15, -0.1) is 0 Å². The fraction of sp³-hybridized carbons (Fsp3) is 0. The number of hydrogen-bond acceptors (Lipinski definition) is 6. The summed E-state index contributed by atoms with van der Waals surface area (Å²) in [5.74, 6) is 0. The number of fused-ring (bicyclic) bond motifs is 1. The summed E-state index contributed by atoms with van der Waals surface area (Å²) in [6, 6.07) is 6.73. The highest BCUT2D eigenvalue weighted by Gasteiger charge is 2.94. The van der Waals surface area contributed by atoms with Crippen LogP contribution in [-0.4, -0.2) is 10.1 Å². The summed E-state index contributed by atoms with van der Waals surface area (Å²) in [7, 11) is -8.16. The van der Waals surface area contributed by atoms with Crippen molar-refractivity contribution in [2.45, 2.75) is 4.90 Å². The van der Waals surface area contributed by atoms with Crippen molar-refractivity contribution in [2.75, 3.05) is 0 Å². The lowest BCUT2D eigenvalue weighted by Gasteiger charge is -2.82. The van der Waals surface area contributed by atoms with E-state index in [0.29, 0.717) is 10.6 Å². The van der Waals surface area contributed by atoms with Gasteiger partial charge in [0.05, 0.1) is 10.6 Å². The fourth-order valence-electron chi connectivity index (χ4n) is 2.02. The van der Waals surface area contributed by atoms with E-state index >= 15 is 0 Å². The van der Waals surface area contributed by atoms with Gasteiger partial charge in [-0.05, 0) is 12.1 Å². The van der Waals surface area contributed by atoms with Crippen LogP contribution in [0.15, 0.2) is 34.2 Å². The van der Waals surface area contributed by atoms with Crippen molar-refractivity contribution in [3.8, 4) is 0 Å². The van der Waals surface area contributed by atoms with Crippen LogP contribution in [-0.2, 0) is 16.5 Å². The maximum atomic E-state index is 11.2. The fourth-order valence-corrected chi connectivity index (χ4v) is 10.1. The Labute approximate surface area is 84.2 Å². The third-order valence-electron chi connectivity index (χ3n) is 2.58. The van der Waals surface area contributed by atoms with E-state index in [1.165, 1.54) is 0 Å². The van der Waals surface area contributed by atoms with Crippen molar-refractivity contribution < 1.29 is 21.0 Å². The topological polar surface area (TPSA) is 77.4 Å². The second kappa shape index (κ2) is 1.62. The van der Waals surface area contributed by atoms with Crippen LogP contribution in [0.25, 0.3) is 0 Å². The molecule has 5 rings (SSSR count). The van der Waals surface area contributed by atoms with Gasteiger partial charge in [-0.3, -0.25) is 0 Å². The van der Waals surface area contributed by atoms with Crippen molar-refractivity contribution in [3.05, 3.63) is 24.3 Å². The van der Waals surface area contributed by atoms with Crippen molar-refractivity contribution >= 4 is 28.5 Å². The van der Waals surface area contributed by atoms with Gasteiger partial charge >= 0.3 is 7.82 Å². The Bertz CT molecular complexity index is 596. The largest absolute Gasteiger partial charge is 0.516 e. The van der Waals surface area contributed by atoms with Crippen molar-refractivity contribution in [2.24, 2.45) is 4.99 Å². The van der Waals surface area contributed by atoms with E-state index in [2.05, 4.69) is 4.99 Å². The van der Waals surface area contributed by atoms with Gasteiger partial charge < -0.3 is 4.55 Å². The van der Waals surface area contributed by atoms with Gasteiger partial charge in [0.1, 0.15) is 15.0 Å². The summed E-state index contributed by atoms with van der Waals surface area (Å²) in [5.41, 5.74) is 1.61. The lowest BCUT2D eigenvalue weighted by Crippen LogP contribution is -2.58. The third kappa shape index (κ3) is 0.622. The first-order valence-corrected chi connectivity index (χ1v) is 7.87. The molecule has 1 aromatic rings. The standard InChI is InChI=1S/C7H6NO5PS/c9-14-11-15(10,12-14,13-14)5-8-6-3-1-2-4-7(6)15/h1-5,10H. The van der Waals surface area contributed by atoms with E-state index in [4.69, 9.17) is 11.9 Å². The molecule has 1 N–H and O–H groups in total. The van der Waals surface area contributed by atoms with Gasteiger partial charge in [0.25, 0.3) is 0 Å². The molecular formula is C7H6NO5PS. The molecule has 0 amide bonds. The van der Waals surface area contributed by atoms with Crippen molar-refractivity contribution in [1.82, 2.24) is 0 Å². The van der Waals surface area contributed by atoms with Crippen molar-refractivity contribution in [3.63, 3.8) is 0 Å². The van der Waals surface area contributed by atoms with E-state index < -0.39 is 17.2 Å². The van der Waals surface area contributed by atoms with E-state index in [1.807, 2.05) is 0 Å². The highest BCUT2D eigenvalue weighted by molar-refractivity contribution is 8.69. The Morgan fingerprint density at radius 3 is 2.60 bits per heavy atom. The molecule has 0 aromatic heterocycles. The zero-order chi connectivity index (χ0) is 10.4. The molecular weight excluding hydrogens is 241 g/mol. The zero-order valence-electron chi connectivity index (χ0n) is 7.27. The summed E-state index contributed by atoms with van der Waals surface area (Å²) in [5, 5.41) is 0. The van der Waals surface area contributed by atoms with E-state index in [1.54, 1.807) is 24.3 Å². The molecule has 0 unspecified atom stereocenters. The molecule has 80 valence electrons. The first-order chi connectivity index (χ1) is 6.92. The van der Waals surface area contributed by atoms with Crippen LogP contribution in [0, 0.1) is 0 Å². The van der Waals surface area contributed by atoms with Gasteiger partial charge in [-0.2, -0.15) is 11.9 Å². The Morgan fingerprint density at radius 2 is 1.93 bits per heavy atom. The predicted molar refractivity (Wildman–Crippen MR) is 53.9 cm³/mol. The second-order valence-electron chi connectivity index (χ2n) is 3.65. The SMILES string of the molecule is O=P12OS3(O)(C=Nc4ccccc43)(O1)O2. The minimum Gasteiger partial charge on any atom is -0.301 e. The summed E-state index contributed by atoms with van der Waals surface area (Å²) < 4.78 is 36.8. The van der Waals surface area contributed by atoms with Gasteiger partial charge in [0, 0.05) is 0 Å². The molecule has 1 spiro atoms. The number of phosphoric acid groups is 1. The molecule has 2 bridgehead atoms. The molecule has 0 aliphatic carbocycles. The number of benzene rings is 1. The highest BCUT2D eigenvalue weighted by atomic mass is 32.4. The van der Waals surface area contributed by atoms with Crippen LogP contribution in [0.2, 0.25) is 0 Å². The quantitative estimate of drug-likeness (QED) is 0.713. The monoisotopic (exact) mass is 247 g/mol. The average Bonchev–Trinajstić information content (AvgIpc) is 2.39. The summed E-state index contributed by atoms with van der Waals surface area (Å²) in [6.45, 7) is 0. The minimum absolute atomic E-state index is 0.315. The average molecular weight is 247 g/mol. The molecule has 0 saturated carbocycles. The van der Waals surface area contributed by atoms with E-state index in [9.17, 15) is 9.12 Å². The maximum Gasteiger partial charge on any atom is 0.516 e. The Hall–Kier alpha value is -0.690. The third-order valence-corrected chi connectivity index (χ3v) is 10.9. The first kappa shape index (κ1) is 8.46. The Kier molecular flexibility index (Phi) is 0.912. The van der Waals surface area contributed by atoms with E-state index in [0.717, 1.165) is 5.55 Å². The van der Waals surface area contributed by atoms with Gasteiger partial charge in [0.2, 0.25) is 0 Å². The van der Waals surface area contributed by atoms with Crippen LogP contribution in [0.4, 0.5) is 5.69 Å². The molecule has 8 heteroatoms. The van der Waals surface area contributed by atoms with Crippen LogP contribution >= 0.6 is 17.2 Å². The first-order valence-electron chi connectivity index (χ1n) is 4.16. The van der Waals surface area contributed by atoms with E-state index in [-0.39, 0.29) is 0 Å². The smallest absolute Gasteiger partial charge is 0.301 e. The number of rotatable bonds is 0. The molecule has 4 heterocycles. The Morgan fingerprint density at radius 1 is 1.27 bits per heavy atom. The molecule has 1 aromatic carbocycles. The molecule has 15 heavy (non-hydrogen) atoms. The Balaban J connectivity index is 2.11. The summed E-state index contributed by atoms with van der Waals surface area (Å²) >= 11 is 0. The van der Waals surface area contributed by atoms with Crippen LogP contribution in [0.5, 0.6) is 0 Å². The molecule has 3 fully saturated rings. The summed E-state index contributed by atoms with van der Waals surface area (Å²) in [6.07, 6.45) is 0. The molecule has 4 aliphatic heterocycles. The number of nitrogens with zero attached hydrogens (tertiary/aromatic N) is 1. The lowest BCUT2D eigenvalue weighted by molar-refractivity contribution is 0.0576. The van der Waals surface area contributed by atoms with Crippen molar-refractivity contribution in [1.29, 1.82) is 0 Å². The summed E-state index contributed by atoms with van der Waals surface area (Å²) in [4.78, 5) is 4.28.